The number of hydrogen-bond donors (Lipinski definition) is 2. The minimum Gasteiger partial charge on any atom is -0.391 e. The van der Waals surface area contributed by atoms with Crippen LogP contribution in [0, 0.1) is 5.41 Å². The molecule has 0 bridgehead atoms. The number of unbranched alkanes of at least 4 members (excludes halogenated alkanes) is 1. The first-order valence-electron chi connectivity index (χ1n) is 9.39. The van der Waals surface area contributed by atoms with E-state index >= 15 is 0 Å². The van der Waals surface area contributed by atoms with Crippen molar-refractivity contribution in [2.75, 3.05) is 43.1 Å². The van der Waals surface area contributed by atoms with Gasteiger partial charge in [0.25, 0.3) is 0 Å². The summed E-state index contributed by atoms with van der Waals surface area (Å²) in [6.45, 7) is 4.07. The molecule has 7 nitrogen and oxygen atoms in total. The van der Waals surface area contributed by atoms with Gasteiger partial charge in [0.05, 0.1) is 11.5 Å². The summed E-state index contributed by atoms with van der Waals surface area (Å²) in [7, 11) is 1.78. The van der Waals surface area contributed by atoms with Crippen LogP contribution in [0.2, 0.25) is 0 Å². The number of amides is 1. The summed E-state index contributed by atoms with van der Waals surface area (Å²) in [5.41, 5.74) is 5.55. The summed E-state index contributed by atoms with van der Waals surface area (Å²) in [5, 5.41) is 10.8. The number of likely N-dealkylation sites (tertiary alicyclic amines) is 1. The molecule has 1 aromatic rings. The lowest BCUT2D eigenvalue weighted by atomic mass is 9.71. The molecule has 8 heteroatoms. The van der Waals surface area contributed by atoms with Gasteiger partial charge in [0.15, 0.2) is 5.16 Å². The molecular formula is C18H29N5O2S. The molecule has 2 aliphatic rings. The van der Waals surface area contributed by atoms with E-state index in [-0.39, 0.29) is 5.91 Å². The standard InChI is InChI=1S/C18H29N5O2S/c1-3-4-9-26-17-20-14(19)10-15(21-17)23-7-5-18(6-8-23)11-13(24)12-22(2)16(18)25/h10,13,24H,3-9,11-12H2,1-2H3,(H2,19,20,21). The normalized spacial score (nSPS) is 22.9. The van der Waals surface area contributed by atoms with Crippen molar-refractivity contribution in [3.05, 3.63) is 6.07 Å². The maximum Gasteiger partial charge on any atom is 0.228 e. The molecule has 3 rings (SSSR count). The van der Waals surface area contributed by atoms with Crippen molar-refractivity contribution in [1.29, 1.82) is 0 Å². The Bertz CT molecular complexity index is 648. The van der Waals surface area contributed by atoms with Gasteiger partial charge in [-0.15, -0.1) is 0 Å². The number of carbonyl (C=O) groups is 1. The number of carbonyl (C=O) groups excluding carboxylic acids is 1. The number of aromatic nitrogens is 2. The van der Waals surface area contributed by atoms with Crippen molar-refractivity contribution in [2.45, 2.75) is 50.3 Å². The van der Waals surface area contributed by atoms with E-state index in [9.17, 15) is 9.90 Å². The van der Waals surface area contributed by atoms with Gasteiger partial charge in [0.2, 0.25) is 5.91 Å². The van der Waals surface area contributed by atoms with Crippen molar-refractivity contribution >= 4 is 29.3 Å². The number of nitrogens with zero attached hydrogens (tertiary/aromatic N) is 4. The molecule has 2 aliphatic heterocycles. The summed E-state index contributed by atoms with van der Waals surface area (Å²) in [6.07, 6.45) is 3.87. The van der Waals surface area contributed by atoms with E-state index < -0.39 is 11.5 Å². The SMILES string of the molecule is CCCCSc1nc(N)cc(N2CCC3(CC2)CC(O)CN(C)C3=O)n1. The zero-order valence-electron chi connectivity index (χ0n) is 15.6. The van der Waals surface area contributed by atoms with Crippen LogP contribution in [0.4, 0.5) is 11.6 Å². The molecule has 2 saturated heterocycles. The van der Waals surface area contributed by atoms with Crippen LogP contribution in [0.25, 0.3) is 0 Å². The molecule has 1 aromatic heterocycles. The molecule has 3 N–H and O–H groups in total. The highest BCUT2D eigenvalue weighted by molar-refractivity contribution is 7.99. The molecular weight excluding hydrogens is 350 g/mol. The summed E-state index contributed by atoms with van der Waals surface area (Å²) in [5.74, 6) is 2.48. The Morgan fingerprint density at radius 3 is 2.81 bits per heavy atom. The third kappa shape index (κ3) is 4.06. The second-order valence-electron chi connectivity index (χ2n) is 7.45. The Balaban J connectivity index is 1.69. The highest BCUT2D eigenvalue weighted by atomic mass is 32.2. The van der Waals surface area contributed by atoms with E-state index in [1.54, 1.807) is 23.7 Å². The van der Waals surface area contributed by atoms with Crippen LogP contribution < -0.4 is 10.6 Å². The lowest BCUT2D eigenvalue weighted by molar-refractivity contribution is -0.152. The molecule has 2 fully saturated rings. The smallest absolute Gasteiger partial charge is 0.228 e. The second kappa shape index (κ2) is 8.00. The van der Waals surface area contributed by atoms with Crippen molar-refractivity contribution in [3.63, 3.8) is 0 Å². The fourth-order valence-electron chi connectivity index (χ4n) is 3.95. The van der Waals surface area contributed by atoms with Gasteiger partial charge in [-0.1, -0.05) is 25.1 Å². The van der Waals surface area contributed by atoms with E-state index in [1.807, 2.05) is 6.07 Å². The topological polar surface area (TPSA) is 95.6 Å². The monoisotopic (exact) mass is 379 g/mol. The maximum absolute atomic E-state index is 12.7. The Hall–Kier alpha value is -1.54. The van der Waals surface area contributed by atoms with Crippen LogP contribution >= 0.6 is 11.8 Å². The zero-order chi connectivity index (χ0) is 18.7. The van der Waals surface area contributed by atoms with Gasteiger partial charge in [-0.05, 0) is 25.7 Å². The molecule has 0 aliphatic carbocycles. The van der Waals surface area contributed by atoms with Crippen LogP contribution in [0.1, 0.15) is 39.0 Å². The zero-order valence-corrected chi connectivity index (χ0v) is 16.5. The molecule has 144 valence electrons. The summed E-state index contributed by atoms with van der Waals surface area (Å²) >= 11 is 1.64. The number of β-amino-alcohol motifs (C(OH)–C–C–N with tert-alkyl or cyclic N) is 1. The molecule has 1 amide bonds. The highest BCUT2D eigenvalue weighted by Crippen LogP contribution is 2.41. The van der Waals surface area contributed by atoms with Gasteiger partial charge >= 0.3 is 0 Å². The van der Waals surface area contributed by atoms with Gasteiger partial charge in [-0.25, -0.2) is 9.97 Å². The predicted molar refractivity (Wildman–Crippen MR) is 104 cm³/mol. The van der Waals surface area contributed by atoms with E-state index in [1.165, 1.54) is 0 Å². The number of rotatable bonds is 5. The number of aliphatic hydroxyl groups excluding tert-OH is 1. The van der Waals surface area contributed by atoms with E-state index in [0.29, 0.717) is 18.8 Å². The summed E-state index contributed by atoms with van der Waals surface area (Å²) in [4.78, 5) is 25.5. The molecule has 1 atom stereocenters. The number of likely N-dealkylation sites (N-methyl/N-ethyl adjacent to an activating group) is 1. The minimum atomic E-state index is -0.430. The van der Waals surface area contributed by atoms with Gasteiger partial charge < -0.3 is 20.6 Å². The number of nitrogen functional groups attached to an aromatic ring is 1. The average molecular weight is 380 g/mol. The van der Waals surface area contributed by atoms with Crippen LogP contribution in [-0.4, -0.2) is 64.4 Å². The Kier molecular flexibility index (Phi) is 5.92. The van der Waals surface area contributed by atoms with Crippen molar-refractivity contribution in [1.82, 2.24) is 14.9 Å². The van der Waals surface area contributed by atoms with Crippen molar-refractivity contribution in [3.8, 4) is 0 Å². The first-order valence-corrected chi connectivity index (χ1v) is 10.4. The van der Waals surface area contributed by atoms with E-state index in [2.05, 4.69) is 21.8 Å². The first kappa shape index (κ1) is 19.2. The Morgan fingerprint density at radius 2 is 2.12 bits per heavy atom. The lowest BCUT2D eigenvalue weighted by Crippen LogP contribution is -2.56. The lowest BCUT2D eigenvalue weighted by Gasteiger charge is -2.47. The van der Waals surface area contributed by atoms with Crippen LogP contribution in [0.5, 0.6) is 0 Å². The molecule has 3 heterocycles. The minimum absolute atomic E-state index is 0.167. The average Bonchev–Trinajstić information content (AvgIpc) is 2.60. The quantitative estimate of drug-likeness (QED) is 0.457. The van der Waals surface area contributed by atoms with Gasteiger partial charge in [-0.2, -0.15) is 0 Å². The van der Waals surface area contributed by atoms with Crippen LogP contribution in [-0.2, 0) is 4.79 Å². The molecule has 1 unspecified atom stereocenters. The number of thioether (sulfide) groups is 1. The van der Waals surface area contributed by atoms with Crippen molar-refractivity contribution < 1.29 is 9.90 Å². The number of nitrogens with two attached hydrogens (primary N) is 1. The molecule has 26 heavy (non-hydrogen) atoms. The second-order valence-corrected chi connectivity index (χ2v) is 8.51. The number of piperidine rings is 2. The van der Waals surface area contributed by atoms with Crippen LogP contribution in [0.3, 0.4) is 0 Å². The number of aliphatic hydroxyl groups is 1. The molecule has 1 spiro atoms. The largest absolute Gasteiger partial charge is 0.391 e. The first-order chi connectivity index (χ1) is 12.4. The van der Waals surface area contributed by atoms with E-state index in [0.717, 1.165) is 55.5 Å². The Morgan fingerprint density at radius 1 is 1.38 bits per heavy atom. The third-order valence-corrected chi connectivity index (χ3v) is 6.33. The van der Waals surface area contributed by atoms with E-state index in [4.69, 9.17) is 5.73 Å². The van der Waals surface area contributed by atoms with Crippen LogP contribution in [0.15, 0.2) is 11.2 Å². The molecule has 0 saturated carbocycles. The Labute approximate surface area is 159 Å². The van der Waals surface area contributed by atoms with Gasteiger partial charge in [0, 0.05) is 38.5 Å². The number of anilines is 2. The fourth-order valence-corrected chi connectivity index (χ4v) is 4.90. The maximum atomic E-state index is 12.7. The number of hydrogen-bond acceptors (Lipinski definition) is 7. The third-order valence-electron chi connectivity index (χ3n) is 5.40. The fraction of sp³-hybridized carbons (Fsp3) is 0.722. The summed E-state index contributed by atoms with van der Waals surface area (Å²) in [6, 6.07) is 1.81. The van der Waals surface area contributed by atoms with Gasteiger partial charge in [-0.3, -0.25) is 4.79 Å². The van der Waals surface area contributed by atoms with Gasteiger partial charge in [0.1, 0.15) is 11.6 Å². The predicted octanol–water partition coefficient (Wildman–Crippen LogP) is 1.76. The summed E-state index contributed by atoms with van der Waals surface area (Å²) < 4.78 is 0. The van der Waals surface area contributed by atoms with Crippen molar-refractivity contribution in [2.24, 2.45) is 5.41 Å². The highest BCUT2D eigenvalue weighted by Gasteiger charge is 2.47. The molecule has 0 aromatic carbocycles. The molecule has 0 radical (unpaired) electrons.